The van der Waals surface area contributed by atoms with Crippen LogP contribution in [0.1, 0.15) is 21.7 Å². The summed E-state index contributed by atoms with van der Waals surface area (Å²) < 4.78 is 1.04. The highest BCUT2D eigenvalue weighted by Crippen LogP contribution is 2.16. The number of hydrogen-bond acceptors (Lipinski definition) is 3. The Kier molecular flexibility index (Phi) is 4.71. The summed E-state index contributed by atoms with van der Waals surface area (Å²) in [6.45, 7) is 4.53. The summed E-state index contributed by atoms with van der Waals surface area (Å²) in [5.74, 6) is 0.0400. The Morgan fingerprint density at radius 3 is 2.84 bits per heavy atom. The first kappa shape index (κ1) is 14.2. The Hall–Kier alpha value is -1.20. The average molecular weight is 339 g/mol. The number of hydrogen-bond donors (Lipinski definition) is 1. The van der Waals surface area contributed by atoms with Crippen LogP contribution >= 0.6 is 27.3 Å². The van der Waals surface area contributed by atoms with Crippen LogP contribution in [0, 0.1) is 13.8 Å². The third kappa shape index (κ3) is 3.88. The monoisotopic (exact) mass is 338 g/mol. The van der Waals surface area contributed by atoms with Gasteiger partial charge in [0.05, 0.1) is 24.2 Å². The van der Waals surface area contributed by atoms with Gasteiger partial charge in [-0.3, -0.25) is 4.79 Å². The molecule has 0 aliphatic heterocycles. The minimum atomic E-state index is 0.0400. The molecule has 1 amide bonds. The lowest BCUT2D eigenvalue weighted by Gasteiger charge is -2.07. The number of carbonyl (C=O) groups is 1. The molecule has 5 heteroatoms. The number of carbonyl (C=O) groups excluding carboxylic acids is 1. The maximum absolute atomic E-state index is 11.9. The summed E-state index contributed by atoms with van der Waals surface area (Å²) in [6, 6.07) is 5.97. The van der Waals surface area contributed by atoms with Crippen molar-refractivity contribution in [1.29, 1.82) is 0 Å². The SMILES string of the molecule is Cc1cc(Br)ccc1CC(=O)NCc1scnc1C. The number of nitrogens with zero attached hydrogens (tertiary/aromatic N) is 1. The van der Waals surface area contributed by atoms with E-state index in [0.717, 1.165) is 26.2 Å². The normalized spacial score (nSPS) is 10.5. The van der Waals surface area contributed by atoms with Crippen LogP contribution in [0.5, 0.6) is 0 Å². The van der Waals surface area contributed by atoms with Gasteiger partial charge in [-0.05, 0) is 37.1 Å². The number of aryl methyl sites for hydroxylation is 2. The maximum Gasteiger partial charge on any atom is 0.224 e. The summed E-state index contributed by atoms with van der Waals surface area (Å²) in [7, 11) is 0. The predicted octanol–water partition coefficient (Wildman–Crippen LogP) is 3.38. The molecule has 0 saturated carbocycles. The number of thiazole rings is 1. The van der Waals surface area contributed by atoms with Crippen LogP contribution in [0.25, 0.3) is 0 Å². The fraction of sp³-hybridized carbons (Fsp3) is 0.286. The van der Waals surface area contributed by atoms with Gasteiger partial charge in [-0.2, -0.15) is 0 Å². The van der Waals surface area contributed by atoms with E-state index in [1.54, 1.807) is 16.8 Å². The van der Waals surface area contributed by atoms with Gasteiger partial charge in [0.1, 0.15) is 0 Å². The molecule has 0 atom stereocenters. The van der Waals surface area contributed by atoms with Gasteiger partial charge in [-0.25, -0.2) is 4.98 Å². The Morgan fingerprint density at radius 2 is 2.21 bits per heavy atom. The van der Waals surface area contributed by atoms with Gasteiger partial charge >= 0.3 is 0 Å². The van der Waals surface area contributed by atoms with Crippen LogP contribution in [0.2, 0.25) is 0 Å². The van der Waals surface area contributed by atoms with E-state index < -0.39 is 0 Å². The fourth-order valence-electron chi connectivity index (χ4n) is 1.77. The number of amides is 1. The molecule has 0 radical (unpaired) electrons. The first-order valence-electron chi connectivity index (χ1n) is 5.97. The summed E-state index contributed by atoms with van der Waals surface area (Å²) in [4.78, 5) is 17.2. The van der Waals surface area contributed by atoms with Crippen LogP contribution in [0.15, 0.2) is 28.2 Å². The van der Waals surface area contributed by atoms with Crippen molar-refractivity contribution in [2.45, 2.75) is 26.8 Å². The molecule has 0 aliphatic carbocycles. The lowest BCUT2D eigenvalue weighted by Crippen LogP contribution is -2.24. The van der Waals surface area contributed by atoms with E-state index in [-0.39, 0.29) is 5.91 Å². The van der Waals surface area contributed by atoms with Gasteiger partial charge in [0.25, 0.3) is 0 Å². The summed E-state index contributed by atoms with van der Waals surface area (Å²) >= 11 is 4.99. The summed E-state index contributed by atoms with van der Waals surface area (Å²) in [5, 5.41) is 2.94. The van der Waals surface area contributed by atoms with E-state index >= 15 is 0 Å². The maximum atomic E-state index is 11.9. The molecule has 19 heavy (non-hydrogen) atoms. The second-order valence-corrected chi connectivity index (χ2v) is 6.24. The van der Waals surface area contributed by atoms with Gasteiger partial charge < -0.3 is 5.32 Å². The number of aromatic nitrogens is 1. The number of rotatable bonds is 4. The zero-order valence-corrected chi connectivity index (χ0v) is 13.3. The molecule has 0 fully saturated rings. The topological polar surface area (TPSA) is 42.0 Å². The minimum Gasteiger partial charge on any atom is -0.351 e. The molecule has 0 aliphatic rings. The third-order valence-corrected chi connectivity index (χ3v) is 4.37. The van der Waals surface area contributed by atoms with Crippen molar-refractivity contribution >= 4 is 33.2 Å². The molecule has 0 unspecified atom stereocenters. The number of nitrogens with one attached hydrogen (secondary N) is 1. The molecule has 100 valence electrons. The van der Waals surface area contributed by atoms with Gasteiger partial charge in [0.2, 0.25) is 5.91 Å². The Balaban J connectivity index is 1.93. The first-order valence-corrected chi connectivity index (χ1v) is 7.64. The molecule has 1 aromatic heterocycles. The van der Waals surface area contributed by atoms with Crippen molar-refractivity contribution in [1.82, 2.24) is 10.3 Å². The van der Waals surface area contributed by atoms with E-state index in [4.69, 9.17) is 0 Å². The van der Waals surface area contributed by atoms with Crippen LogP contribution < -0.4 is 5.32 Å². The van der Waals surface area contributed by atoms with E-state index in [9.17, 15) is 4.79 Å². The quantitative estimate of drug-likeness (QED) is 0.928. The fourth-order valence-corrected chi connectivity index (χ4v) is 2.96. The predicted molar refractivity (Wildman–Crippen MR) is 81.3 cm³/mol. The lowest BCUT2D eigenvalue weighted by atomic mass is 10.1. The zero-order valence-electron chi connectivity index (χ0n) is 10.9. The molecule has 0 bridgehead atoms. The molecule has 1 aromatic carbocycles. The minimum absolute atomic E-state index is 0.0400. The van der Waals surface area contributed by atoms with Crippen LogP contribution in [0.3, 0.4) is 0 Å². The van der Waals surface area contributed by atoms with Gasteiger partial charge in [-0.15, -0.1) is 11.3 Å². The number of halogens is 1. The molecule has 3 nitrogen and oxygen atoms in total. The van der Waals surface area contributed by atoms with E-state index in [2.05, 4.69) is 26.2 Å². The Morgan fingerprint density at radius 1 is 1.42 bits per heavy atom. The Labute approximate surface area is 125 Å². The second-order valence-electron chi connectivity index (χ2n) is 4.39. The van der Waals surface area contributed by atoms with Crippen molar-refractivity contribution in [2.24, 2.45) is 0 Å². The smallest absolute Gasteiger partial charge is 0.224 e. The molecule has 0 spiro atoms. The second kappa shape index (κ2) is 6.30. The molecular formula is C14H15BrN2OS. The van der Waals surface area contributed by atoms with Crippen molar-refractivity contribution in [3.63, 3.8) is 0 Å². The van der Waals surface area contributed by atoms with Gasteiger partial charge in [-0.1, -0.05) is 22.0 Å². The van der Waals surface area contributed by atoms with Crippen LogP contribution in [-0.2, 0) is 17.8 Å². The van der Waals surface area contributed by atoms with Crippen molar-refractivity contribution in [3.05, 3.63) is 49.9 Å². The van der Waals surface area contributed by atoms with Crippen LogP contribution in [0.4, 0.5) is 0 Å². The Bertz CT molecular complexity index is 595. The highest BCUT2D eigenvalue weighted by Gasteiger charge is 2.08. The van der Waals surface area contributed by atoms with Crippen LogP contribution in [-0.4, -0.2) is 10.9 Å². The van der Waals surface area contributed by atoms with Gasteiger partial charge in [0.15, 0.2) is 0 Å². The standard InChI is InChI=1S/C14H15BrN2OS/c1-9-5-12(15)4-3-11(9)6-14(18)16-7-13-10(2)17-8-19-13/h3-5,8H,6-7H2,1-2H3,(H,16,18). The lowest BCUT2D eigenvalue weighted by molar-refractivity contribution is -0.120. The first-order chi connectivity index (χ1) is 9.06. The van der Waals surface area contributed by atoms with Crippen molar-refractivity contribution in [2.75, 3.05) is 0 Å². The summed E-state index contributed by atoms with van der Waals surface area (Å²) in [5.41, 5.74) is 4.97. The average Bonchev–Trinajstić information content (AvgIpc) is 2.76. The molecular weight excluding hydrogens is 324 g/mol. The third-order valence-electron chi connectivity index (χ3n) is 2.95. The molecule has 2 rings (SSSR count). The molecule has 1 heterocycles. The van der Waals surface area contributed by atoms with E-state index in [1.165, 1.54) is 0 Å². The molecule has 1 N–H and O–H groups in total. The molecule has 2 aromatic rings. The highest BCUT2D eigenvalue weighted by atomic mass is 79.9. The zero-order chi connectivity index (χ0) is 13.8. The highest BCUT2D eigenvalue weighted by molar-refractivity contribution is 9.10. The van der Waals surface area contributed by atoms with Crippen molar-refractivity contribution in [3.8, 4) is 0 Å². The van der Waals surface area contributed by atoms with E-state index in [1.807, 2.05) is 32.0 Å². The summed E-state index contributed by atoms with van der Waals surface area (Å²) in [6.07, 6.45) is 0.414. The number of benzene rings is 1. The largest absolute Gasteiger partial charge is 0.351 e. The van der Waals surface area contributed by atoms with Crippen molar-refractivity contribution < 1.29 is 4.79 Å². The van der Waals surface area contributed by atoms with Gasteiger partial charge in [0, 0.05) is 9.35 Å². The van der Waals surface area contributed by atoms with E-state index in [0.29, 0.717) is 13.0 Å². The molecule has 0 saturated heterocycles.